The van der Waals surface area contributed by atoms with Gasteiger partial charge in [0.15, 0.2) is 11.6 Å². The van der Waals surface area contributed by atoms with Gasteiger partial charge in [0.25, 0.3) is 0 Å². The third-order valence-electron chi connectivity index (χ3n) is 5.67. The first-order valence-electron chi connectivity index (χ1n) is 11.2. The number of ether oxygens (including phenoxy) is 2. The number of ketones is 1. The molecule has 1 aromatic carbocycles. The van der Waals surface area contributed by atoms with E-state index in [1.807, 2.05) is 49.9 Å². The van der Waals surface area contributed by atoms with Gasteiger partial charge in [0, 0.05) is 19.0 Å². The van der Waals surface area contributed by atoms with E-state index in [0.717, 1.165) is 30.7 Å². The minimum absolute atomic E-state index is 0.0258. The quantitative estimate of drug-likeness (QED) is 0.560. The molecule has 9 heteroatoms. The van der Waals surface area contributed by atoms with E-state index >= 15 is 0 Å². The predicted molar refractivity (Wildman–Crippen MR) is 127 cm³/mol. The van der Waals surface area contributed by atoms with Crippen LogP contribution in [0.15, 0.2) is 30.6 Å². The summed E-state index contributed by atoms with van der Waals surface area (Å²) in [7, 11) is 0. The van der Waals surface area contributed by atoms with Crippen molar-refractivity contribution in [1.29, 1.82) is 0 Å². The lowest BCUT2D eigenvalue weighted by Crippen LogP contribution is -2.35. The van der Waals surface area contributed by atoms with E-state index in [-0.39, 0.29) is 47.3 Å². The van der Waals surface area contributed by atoms with Crippen LogP contribution in [0.2, 0.25) is 5.02 Å². The number of carbonyl (C=O) groups excluding carboxylic acids is 2. The lowest BCUT2D eigenvalue weighted by molar-refractivity contribution is -0.123. The summed E-state index contributed by atoms with van der Waals surface area (Å²) in [5, 5.41) is 3.31. The molecule has 2 heterocycles. The predicted octanol–water partition coefficient (Wildman–Crippen LogP) is 3.77. The maximum absolute atomic E-state index is 12.4. The fourth-order valence-electron chi connectivity index (χ4n) is 3.50. The number of hydrogen-bond donors (Lipinski definition) is 1. The van der Waals surface area contributed by atoms with Crippen LogP contribution in [0, 0.1) is 0 Å². The Labute approximate surface area is 199 Å². The van der Waals surface area contributed by atoms with Crippen LogP contribution in [-0.2, 0) is 9.59 Å². The maximum atomic E-state index is 12.4. The van der Waals surface area contributed by atoms with E-state index in [0.29, 0.717) is 12.4 Å². The van der Waals surface area contributed by atoms with Gasteiger partial charge in [-0.25, -0.2) is 9.97 Å². The molecular formula is C24H31ClN4O4. The van der Waals surface area contributed by atoms with Crippen LogP contribution >= 0.6 is 11.6 Å². The van der Waals surface area contributed by atoms with Crippen LogP contribution < -0.4 is 19.7 Å². The molecule has 1 amide bonds. The summed E-state index contributed by atoms with van der Waals surface area (Å²) < 4.78 is 11.5. The van der Waals surface area contributed by atoms with Crippen molar-refractivity contribution in [2.75, 3.05) is 24.6 Å². The Balaban J connectivity index is 1.58. The third kappa shape index (κ3) is 6.57. The number of nitrogens with one attached hydrogen (secondary N) is 1. The van der Waals surface area contributed by atoms with Gasteiger partial charge in [-0.3, -0.25) is 9.59 Å². The fourth-order valence-corrected chi connectivity index (χ4v) is 3.77. The number of halogens is 1. The zero-order chi connectivity index (χ0) is 24.0. The second-order valence-electron chi connectivity index (χ2n) is 8.39. The van der Waals surface area contributed by atoms with Crippen molar-refractivity contribution < 1.29 is 19.1 Å². The monoisotopic (exact) mass is 474 g/mol. The highest BCUT2D eigenvalue weighted by Gasteiger charge is 2.28. The van der Waals surface area contributed by atoms with Gasteiger partial charge in [0.2, 0.25) is 11.8 Å². The molecule has 1 saturated heterocycles. The molecule has 3 rings (SSSR count). The van der Waals surface area contributed by atoms with Crippen molar-refractivity contribution in [2.24, 2.45) is 0 Å². The molecule has 1 aliphatic rings. The van der Waals surface area contributed by atoms with E-state index in [1.54, 1.807) is 0 Å². The van der Waals surface area contributed by atoms with Crippen molar-refractivity contribution in [3.8, 4) is 11.6 Å². The third-order valence-corrected chi connectivity index (χ3v) is 6.00. The van der Waals surface area contributed by atoms with Crippen LogP contribution in [-0.4, -0.2) is 53.5 Å². The smallest absolute Gasteiger partial charge is 0.238 e. The van der Waals surface area contributed by atoms with Crippen molar-refractivity contribution >= 4 is 29.1 Å². The van der Waals surface area contributed by atoms with Crippen LogP contribution in [0.25, 0.3) is 0 Å². The van der Waals surface area contributed by atoms with Crippen LogP contribution in [0.3, 0.4) is 0 Å². The lowest BCUT2D eigenvalue weighted by atomic mass is 10.00. The highest BCUT2D eigenvalue weighted by atomic mass is 35.5. The SMILES string of the molecule is CC[C@@H](C)NC(=O)C(C)c1ccc(O[C@@H]2CCN(c3ncnc(OCC(C)=O)c3Cl)C2)cc1. The summed E-state index contributed by atoms with van der Waals surface area (Å²) in [5.41, 5.74) is 0.946. The van der Waals surface area contributed by atoms with Gasteiger partial charge in [0.1, 0.15) is 29.8 Å². The first-order valence-corrected chi connectivity index (χ1v) is 11.6. The van der Waals surface area contributed by atoms with Crippen molar-refractivity contribution in [1.82, 2.24) is 15.3 Å². The number of nitrogens with zero attached hydrogens (tertiary/aromatic N) is 3. The fraction of sp³-hybridized carbons (Fsp3) is 0.500. The Morgan fingerprint density at radius 2 is 1.97 bits per heavy atom. The van der Waals surface area contributed by atoms with Crippen LogP contribution in [0.5, 0.6) is 11.6 Å². The van der Waals surface area contributed by atoms with Gasteiger partial charge < -0.3 is 19.7 Å². The first-order chi connectivity index (χ1) is 15.8. The molecule has 0 spiro atoms. The van der Waals surface area contributed by atoms with Gasteiger partial charge in [-0.2, -0.15) is 0 Å². The largest absolute Gasteiger partial charge is 0.489 e. The number of aromatic nitrogens is 2. The summed E-state index contributed by atoms with van der Waals surface area (Å²) in [4.78, 5) is 33.9. The molecule has 0 aliphatic carbocycles. The molecular weight excluding hydrogens is 444 g/mol. The molecule has 0 saturated carbocycles. The number of benzene rings is 1. The zero-order valence-corrected chi connectivity index (χ0v) is 20.3. The van der Waals surface area contributed by atoms with Crippen LogP contribution in [0.4, 0.5) is 5.82 Å². The van der Waals surface area contributed by atoms with E-state index in [9.17, 15) is 9.59 Å². The second-order valence-corrected chi connectivity index (χ2v) is 8.77. The Bertz CT molecular complexity index is 969. The standard InChI is InChI=1S/C24H31ClN4O4/c1-5-15(2)28-23(31)17(4)18-6-8-19(9-7-18)33-20-10-11-29(12-20)22-21(25)24(27-14-26-22)32-13-16(3)30/h6-9,14-15,17,20H,5,10-13H2,1-4H3,(H,28,31)/t15-,17?,20-/m1/s1. The van der Waals surface area contributed by atoms with Gasteiger partial charge in [-0.1, -0.05) is 30.7 Å². The molecule has 0 bridgehead atoms. The molecule has 1 aliphatic heterocycles. The van der Waals surface area contributed by atoms with Gasteiger partial charge in [-0.05, 0) is 44.9 Å². The minimum Gasteiger partial charge on any atom is -0.489 e. The van der Waals surface area contributed by atoms with Crippen LogP contribution in [0.1, 0.15) is 52.0 Å². The average Bonchev–Trinajstić information content (AvgIpc) is 3.26. The minimum atomic E-state index is -0.227. The van der Waals surface area contributed by atoms with E-state index in [4.69, 9.17) is 21.1 Å². The number of carbonyl (C=O) groups is 2. The molecule has 33 heavy (non-hydrogen) atoms. The first kappa shape index (κ1) is 24.8. The van der Waals surface area contributed by atoms with Gasteiger partial charge in [-0.15, -0.1) is 0 Å². The molecule has 1 aromatic heterocycles. The summed E-state index contributed by atoms with van der Waals surface area (Å²) >= 11 is 6.42. The maximum Gasteiger partial charge on any atom is 0.238 e. The van der Waals surface area contributed by atoms with E-state index in [1.165, 1.54) is 13.3 Å². The summed E-state index contributed by atoms with van der Waals surface area (Å²) in [5.74, 6) is 1.19. The molecule has 1 fully saturated rings. The molecule has 1 N–H and O–H groups in total. The Morgan fingerprint density at radius 3 is 2.64 bits per heavy atom. The normalized spacial score (nSPS) is 17.4. The molecule has 2 aromatic rings. The number of hydrogen-bond acceptors (Lipinski definition) is 7. The summed E-state index contributed by atoms with van der Waals surface area (Å²) in [6.07, 6.45) is 3.05. The van der Waals surface area contributed by atoms with E-state index < -0.39 is 0 Å². The summed E-state index contributed by atoms with van der Waals surface area (Å²) in [6.45, 7) is 8.63. The highest BCUT2D eigenvalue weighted by Crippen LogP contribution is 2.33. The molecule has 178 valence electrons. The summed E-state index contributed by atoms with van der Waals surface area (Å²) in [6, 6.07) is 7.83. The average molecular weight is 475 g/mol. The molecule has 3 atom stereocenters. The topological polar surface area (TPSA) is 93.7 Å². The molecule has 1 unspecified atom stereocenters. The Morgan fingerprint density at radius 1 is 1.24 bits per heavy atom. The Kier molecular flexibility index (Phi) is 8.49. The highest BCUT2D eigenvalue weighted by molar-refractivity contribution is 6.34. The second kappa shape index (κ2) is 11.3. The number of rotatable bonds is 10. The molecule has 8 nitrogen and oxygen atoms in total. The number of Topliss-reactive ketones (excluding diaryl/α,β-unsaturated/α-hetero) is 1. The zero-order valence-electron chi connectivity index (χ0n) is 19.5. The van der Waals surface area contributed by atoms with Crippen molar-refractivity contribution in [2.45, 2.75) is 58.6 Å². The number of anilines is 1. The van der Waals surface area contributed by atoms with Crippen molar-refractivity contribution in [3.05, 3.63) is 41.2 Å². The lowest BCUT2D eigenvalue weighted by Gasteiger charge is -2.20. The number of amides is 1. The molecule has 0 radical (unpaired) electrons. The van der Waals surface area contributed by atoms with Crippen molar-refractivity contribution in [3.63, 3.8) is 0 Å². The van der Waals surface area contributed by atoms with Gasteiger partial charge in [0.05, 0.1) is 12.5 Å². The van der Waals surface area contributed by atoms with Gasteiger partial charge >= 0.3 is 0 Å². The van der Waals surface area contributed by atoms with E-state index in [2.05, 4.69) is 15.3 Å². The Hall–Kier alpha value is -2.87.